The third kappa shape index (κ3) is 3.63. The molecule has 0 fully saturated rings. The number of thioether (sulfide) groups is 1. The molecule has 1 aromatic heterocycles. The molecule has 0 radical (unpaired) electrons. The van der Waals surface area contributed by atoms with E-state index in [0.29, 0.717) is 0 Å². The highest BCUT2D eigenvalue weighted by Crippen LogP contribution is 2.11. The normalized spacial score (nSPS) is 10.0. The van der Waals surface area contributed by atoms with Gasteiger partial charge >= 0.3 is 0 Å². The fraction of sp³-hybridized carbons (Fsp3) is 0.556. The molecule has 0 aliphatic rings. The second-order valence-corrected chi connectivity index (χ2v) is 3.61. The highest BCUT2D eigenvalue weighted by Gasteiger charge is 1.94. The Labute approximate surface area is 83.4 Å². The van der Waals surface area contributed by atoms with Crippen LogP contribution in [0.4, 0.5) is 5.95 Å². The van der Waals surface area contributed by atoms with Gasteiger partial charge in [0.05, 0.1) is 0 Å². The maximum absolute atomic E-state index is 4.18. The number of hydrogen-bond donors (Lipinski definition) is 1. The zero-order valence-electron chi connectivity index (χ0n) is 8.08. The van der Waals surface area contributed by atoms with E-state index >= 15 is 0 Å². The molecule has 1 heterocycles. The monoisotopic (exact) mass is 197 g/mol. The second kappa shape index (κ2) is 5.80. The first-order valence-corrected chi connectivity index (χ1v) is 5.69. The predicted molar refractivity (Wildman–Crippen MR) is 57.2 cm³/mol. The van der Waals surface area contributed by atoms with Crippen molar-refractivity contribution in [2.75, 3.05) is 18.1 Å². The second-order valence-electron chi connectivity index (χ2n) is 2.73. The number of nitrogens with zero attached hydrogens (tertiary/aromatic N) is 2. The lowest BCUT2D eigenvalue weighted by Gasteiger charge is -2.02. The molecule has 0 saturated carbocycles. The maximum Gasteiger partial charge on any atom is 0.222 e. The van der Waals surface area contributed by atoms with Crippen molar-refractivity contribution in [3.63, 3.8) is 0 Å². The first-order chi connectivity index (χ1) is 6.36. The van der Waals surface area contributed by atoms with Crippen LogP contribution in [0.5, 0.6) is 0 Å². The lowest BCUT2D eigenvalue weighted by atomic mass is 10.3. The van der Waals surface area contributed by atoms with Crippen LogP contribution >= 0.6 is 11.8 Å². The summed E-state index contributed by atoms with van der Waals surface area (Å²) in [4.78, 5) is 9.45. The molecule has 0 aliphatic carbocycles. The van der Waals surface area contributed by atoms with Crippen LogP contribution in [0.25, 0.3) is 0 Å². The Morgan fingerprint density at radius 1 is 1.38 bits per heavy atom. The maximum atomic E-state index is 4.18. The zero-order chi connectivity index (χ0) is 9.52. The van der Waals surface area contributed by atoms with Crippen LogP contribution in [0.15, 0.2) is 17.3 Å². The van der Waals surface area contributed by atoms with Gasteiger partial charge in [-0.25, -0.2) is 9.97 Å². The first kappa shape index (κ1) is 10.3. The van der Waals surface area contributed by atoms with Crippen molar-refractivity contribution >= 4 is 17.7 Å². The van der Waals surface area contributed by atoms with Crippen molar-refractivity contribution in [1.29, 1.82) is 0 Å². The van der Waals surface area contributed by atoms with Gasteiger partial charge in [0.1, 0.15) is 0 Å². The molecule has 13 heavy (non-hydrogen) atoms. The Kier molecular flexibility index (Phi) is 4.60. The van der Waals surface area contributed by atoms with Gasteiger partial charge in [-0.2, -0.15) is 0 Å². The van der Waals surface area contributed by atoms with E-state index in [4.69, 9.17) is 0 Å². The quantitative estimate of drug-likeness (QED) is 0.581. The topological polar surface area (TPSA) is 37.8 Å². The van der Waals surface area contributed by atoms with E-state index in [-0.39, 0.29) is 0 Å². The molecular formula is C9H15N3S. The number of unbranched alkanes of at least 4 members (excludes halogenated alkanes) is 1. The number of hydrogen-bond acceptors (Lipinski definition) is 4. The summed E-state index contributed by atoms with van der Waals surface area (Å²) < 4.78 is 0. The van der Waals surface area contributed by atoms with E-state index in [1.54, 1.807) is 11.8 Å². The van der Waals surface area contributed by atoms with Gasteiger partial charge in [0.2, 0.25) is 5.95 Å². The molecule has 1 rings (SSSR count). The van der Waals surface area contributed by atoms with Gasteiger partial charge in [0, 0.05) is 23.8 Å². The molecule has 4 heteroatoms. The standard InChI is InChI=1S/C9H15N3S/c1-3-4-5-10-9-11-6-8(13-2)7-12-9/h6-7H,3-5H2,1-2H3,(H,10,11,12). The Bertz CT molecular complexity index is 235. The molecule has 0 amide bonds. The molecule has 0 saturated heterocycles. The fourth-order valence-electron chi connectivity index (χ4n) is 0.890. The van der Waals surface area contributed by atoms with Crippen LogP contribution in [0.2, 0.25) is 0 Å². The van der Waals surface area contributed by atoms with E-state index in [1.807, 2.05) is 18.6 Å². The molecule has 0 unspecified atom stereocenters. The van der Waals surface area contributed by atoms with E-state index in [1.165, 1.54) is 6.42 Å². The fourth-order valence-corrected chi connectivity index (χ4v) is 1.21. The van der Waals surface area contributed by atoms with E-state index < -0.39 is 0 Å². The van der Waals surface area contributed by atoms with E-state index in [2.05, 4.69) is 22.2 Å². The van der Waals surface area contributed by atoms with Crippen molar-refractivity contribution < 1.29 is 0 Å². The molecule has 0 aromatic carbocycles. The molecule has 3 nitrogen and oxygen atoms in total. The number of anilines is 1. The summed E-state index contributed by atoms with van der Waals surface area (Å²) in [6.45, 7) is 3.12. The summed E-state index contributed by atoms with van der Waals surface area (Å²) in [5.41, 5.74) is 0. The van der Waals surface area contributed by atoms with Crippen LogP contribution in [0.3, 0.4) is 0 Å². The van der Waals surface area contributed by atoms with Crippen LogP contribution in [-0.2, 0) is 0 Å². The summed E-state index contributed by atoms with van der Waals surface area (Å²) in [6.07, 6.45) is 8.05. The molecule has 0 atom stereocenters. The van der Waals surface area contributed by atoms with Gasteiger partial charge in [-0.15, -0.1) is 11.8 Å². The minimum absolute atomic E-state index is 0.728. The van der Waals surface area contributed by atoms with Crippen molar-refractivity contribution in [2.24, 2.45) is 0 Å². The van der Waals surface area contributed by atoms with E-state index in [9.17, 15) is 0 Å². The average Bonchev–Trinajstić information content (AvgIpc) is 2.19. The van der Waals surface area contributed by atoms with Gasteiger partial charge in [0.15, 0.2) is 0 Å². The van der Waals surface area contributed by atoms with Crippen LogP contribution in [0, 0.1) is 0 Å². The number of aromatic nitrogens is 2. The highest BCUT2D eigenvalue weighted by molar-refractivity contribution is 7.98. The summed E-state index contributed by atoms with van der Waals surface area (Å²) in [7, 11) is 0. The predicted octanol–water partition coefficient (Wildman–Crippen LogP) is 2.41. The van der Waals surface area contributed by atoms with Crippen molar-refractivity contribution in [3.8, 4) is 0 Å². The van der Waals surface area contributed by atoms with Crippen LogP contribution in [0.1, 0.15) is 19.8 Å². The molecule has 72 valence electrons. The summed E-state index contributed by atoms with van der Waals surface area (Å²) in [6, 6.07) is 0. The Balaban J connectivity index is 2.40. The molecule has 0 spiro atoms. The van der Waals surface area contributed by atoms with Gasteiger partial charge in [-0.1, -0.05) is 13.3 Å². The molecule has 1 aromatic rings. The Morgan fingerprint density at radius 2 is 2.08 bits per heavy atom. The number of rotatable bonds is 5. The third-order valence-electron chi connectivity index (χ3n) is 1.68. The minimum atomic E-state index is 0.728. The van der Waals surface area contributed by atoms with Crippen LogP contribution < -0.4 is 5.32 Å². The third-order valence-corrected chi connectivity index (χ3v) is 2.36. The molecule has 1 N–H and O–H groups in total. The van der Waals surface area contributed by atoms with E-state index in [0.717, 1.165) is 23.8 Å². The minimum Gasteiger partial charge on any atom is -0.354 e. The first-order valence-electron chi connectivity index (χ1n) is 4.46. The lowest BCUT2D eigenvalue weighted by molar-refractivity contribution is 0.825. The highest BCUT2D eigenvalue weighted by atomic mass is 32.2. The Hall–Kier alpha value is -0.770. The van der Waals surface area contributed by atoms with Crippen LogP contribution in [-0.4, -0.2) is 22.8 Å². The zero-order valence-corrected chi connectivity index (χ0v) is 8.90. The Morgan fingerprint density at radius 3 is 2.62 bits per heavy atom. The van der Waals surface area contributed by atoms with Gasteiger partial charge in [-0.3, -0.25) is 0 Å². The molecule has 0 bridgehead atoms. The van der Waals surface area contributed by atoms with Gasteiger partial charge in [0.25, 0.3) is 0 Å². The van der Waals surface area contributed by atoms with Crippen molar-refractivity contribution in [3.05, 3.63) is 12.4 Å². The SMILES string of the molecule is CCCCNc1ncc(SC)cn1. The summed E-state index contributed by atoms with van der Waals surface area (Å²) in [5, 5.41) is 3.17. The summed E-state index contributed by atoms with van der Waals surface area (Å²) in [5.74, 6) is 0.728. The lowest BCUT2D eigenvalue weighted by Crippen LogP contribution is -2.04. The van der Waals surface area contributed by atoms with Crippen molar-refractivity contribution in [2.45, 2.75) is 24.7 Å². The largest absolute Gasteiger partial charge is 0.354 e. The molecular weight excluding hydrogens is 182 g/mol. The average molecular weight is 197 g/mol. The summed E-state index contributed by atoms with van der Waals surface area (Å²) >= 11 is 1.65. The van der Waals surface area contributed by atoms with Gasteiger partial charge < -0.3 is 5.32 Å². The number of nitrogens with one attached hydrogen (secondary N) is 1. The molecule has 0 aliphatic heterocycles. The van der Waals surface area contributed by atoms with Gasteiger partial charge in [-0.05, 0) is 12.7 Å². The smallest absolute Gasteiger partial charge is 0.222 e. The van der Waals surface area contributed by atoms with Crippen molar-refractivity contribution in [1.82, 2.24) is 9.97 Å².